The third kappa shape index (κ3) is 4.35. The van der Waals surface area contributed by atoms with Crippen LogP contribution >= 0.6 is 0 Å². The lowest BCUT2D eigenvalue weighted by molar-refractivity contribution is 0.517. The monoisotopic (exact) mass is 281 g/mol. The maximum atomic E-state index is 3.68. The molecule has 0 amide bonds. The van der Waals surface area contributed by atoms with Crippen LogP contribution in [-0.4, -0.2) is 6.54 Å². The fraction of sp³-hybridized carbons (Fsp3) is 0.400. The number of hydrogen-bond donors (Lipinski definition) is 1. The molecule has 2 aromatic carbocycles. The third-order valence-electron chi connectivity index (χ3n) is 4.08. The summed E-state index contributed by atoms with van der Waals surface area (Å²) < 4.78 is 0. The van der Waals surface area contributed by atoms with Crippen LogP contribution in [0, 0.1) is 5.92 Å². The second-order valence-corrected chi connectivity index (χ2v) is 6.05. The molecule has 0 spiro atoms. The molecule has 0 heterocycles. The first kappa shape index (κ1) is 15.6. The van der Waals surface area contributed by atoms with Crippen molar-refractivity contribution in [1.82, 2.24) is 0 Å². The molecule has 112 valence electrons. The topological polar surface area (TPSA) is 12.0 Å². The Morgan fingerprint density at radius 2 is 1.57 bits per heavy atom. The van der Waals surface area contributed by atoms with E-state index in [-0.39, 0.29) is 0 Å². The second-order valence-electron chi connectivity index (χ2n) is 6.05. The van der Waals surface area contributed by atoms with Gasteiger partial charge in [0.05, 0.1) is 0 Å². The van der Waals surface area contributed by atoms with E-state index in [4.69, 9.17) is 0 Å². The number of nitrogens with one attached hydrogen (secondary N) is 1. The van der Waals surface area contributed by atoms with Crippen molar-refractivity contribution in [1.29, 1.82) is 0 Å². The van der Waals surface area contributed by atoms with Crippen molar-refractivity contribution >= 4 is 5.69 Å². The van der Waals surface area contributed by atoms with Gasteiger partial charge in [-0.25, -0.2) is 0 Å². The first-order valence-corrected chi connectivity index (χ1v) is 8.09. The fourth-order valence-corrected chi connectivity index (χ4v) is 2.84. The molecule has 0 aliphatic carbocycles. The van der Waals surface area contributed by atoms with Gasteiger partial charge in [-0.05, 0) is 29.5 Å². The summed E-state index contributed by atoms with van der Waals surface area (Å²) in [6, 6.07) is 19.5. The summed E-state index contributed by atoms with van der Waals surface area (Å²) in [6.45, 7) is 7.83. The Kier molecular flexibility index (Phi) is 5.86. The van der Waals surface area contributed by atoms with Crippen LogP contribution in [0.3, 0.4) is 0 Å². The average molecular weight is 281 g/mol. The summed E-state index contributed by atoms with van der Waals surface area (Å²) in [5, 5.41) is 3.68. The van der Waals surface area contributed by atoms with Crippen molar-refractivity contribution < 1.29 is 0 Å². The van der Waals surface area contributed by atoms with Crippen LogP contribution in [0.5, 0.6) is 0 Å². The summed E-state index contributed by atoms with van der Waals surface area (Å²) in [5.41, 5.74) is 4.14. The van der Waals surface area contributed by atoms with Gasteiger partial charge in [-0.2, -0.15) is 0 Å². The largest absolute Gasteiger partial charge is 0.384 e. The second kappa shape index (κ2) is 7.87. The van der Waals surface area contributed by atoms with Gasteiger partial charge in [-0.15, -0.1) is 0 Å². The predicted octanol–water partition coefficient (Wildman–Crippen LogP) is 5.49. The number of benzene rings is 2. The van der Waals surface area contributed by atoms with Crippen molar-refractivity contribution in [2.75, 3.05) is 11.9 Å². The maximum Gasteiger partial charge on any atom is 0.0372 e. The van der Waals surface area contributed by atoms with Crippen molar-refractivity contribution in [2.24, 2.45) is 5.92 Å². The highest BCUT2D eigenvalue weighted by molar-refractivity contribution is 5.51. The van der Waals surface area contributed by atoms with Crippen molar-refractivity contribution in [2.45, 2.75) is 39.5 Å². The number of anilines is 1. The van der Waals surface area contributed by atoms with E-state index in [1.165, 1.54) is 23.2 Å². The highest BCUT2D eigenvalue weighted by Gasteiger charge is 2.15. The van der Waals surface area contributed by atoms with Crippen LogP contribution in [0.1, 0.15) is 44.2 Å². The van der Waals surface area contributed by atoms with E-state index in [2.05, 4.69) is 80.7 Å². The smallest absolute Gasteiger partial charge is 0.0372 e. The molecule has 1 nitrogen and oxygen atoms in total. The lowest BCUT2D eigenvalue weighted by Gasteiger charge is -2.23. The molecule has 1 N–H and O–H groups in total. The van der Waals surface area contributed by atoms with E-state index < -0.39 is 0 Å². The Morgan fingerprint density at radius 1 is 0.905 bits per heavy atom. The summed E-state index contributed by atoms with van der Waals surface area (Å²) in [5.74, 6) is 1.17. The van der Waals surface area contributed by atoms with Crippen molar-refractivity contribution in [3.8, 4) is 0 Å². The lowest BCUT2D eigenvalue weighted by Crippen LogP contribution is -2.18. The molecule has 2 rings (SSSR count). The van der Waals surface area contributed by atoms with Crippen molar-refractivity contribution in [3.05, 3.63) is 65.7 Å². The molecular weight excluding hydrogens is 254 g/mol. The van der Waals surface area contributed by atoms with Crippen LogP contribution in [0.2, 0.25) is 0 Å². The molecule has 2 aromatic rings. The fourth-order valence-electron chi connectivity index (χ4n) is 2.84. The van der Waals surface area contributed by atoms with Gasteiger partial charge in [0.15, 0.2) is 0 Å². The van der Waals surface area contributed by atoms with Gasteiger partial charge in [0.25, 0.3) is 0 Å². The summed E-state index contributed by atoms with van der Waals surface area (Å²) in [7, 11) is 0. The van der Waals surface area contributed by atoms with E-state index in [1.54, 1.807) is 0 Å². The molecule has 1 heteroatoms. The first-order chi connectivity index (χ1) is 10.2. The van der Waals surface area contributed by atoms with Gasteiger partial charge < -0.3 is 5.32 Å². The van der Waals surface area contributed by atoms with Gasteiger partial charge in [0.2, 0.25) is 0 Å². The van der Waals surface area contributed by atoms with Gasteiger partial charge >= 0.3 is 0 Å². The minimum Gasteiger partial charge on any atom is -0.384 e. The average Bonchev–Trinajstić information content (AvgIpc) is 2.50. The maximum absolute atomic E-state index is 3.68. The van der Waals surface area contributed by atoms with E-state index in [0.29, 0.717) is 11.8 Å². The van der Waals surface area contributed by atoms with Gasteiger partial charge in [-0.3, -0.25) is 0 Å². The van der Waals surface area contributed by atoms with Crippen LogP contribution in [0.25, 0.3) is 0 Å². The Hall–Kier alpha value is -1.76. The highest BCUT2D eigenvalue weighted by Crippen LogP contribution is 2.26. The van der Waals surface area contributed by atoms with E-state index in [9.17, 15) is 0 Å². The Labute approximate surface area is 129 Å². The van der Waals surface area contributed by atoms with Gasteiger partial charge in [-0.1, -0.05) is 75.7 Å². The van der Waals surface area contributed by atoms with Gasteiger partial charge in [0.1, 0.15) is 0 Å². The molecular formula is C20H27N. The van der Waals surface area contributed by atoms with Gasteiger partial charge in [0, 0.05) is 18.2 Å². The number of rotatable bonds is 7. The number of para-hydroxylation sites is 1. The van der Waals surface area contributed by atoms with Crippen LogP contribution in [0.4, 0.5) is 5.69 Å². The molecule has 0 aromatic heterocycles. The molecule has 0 aliphatic rings. The normalized spacial score (nSPS) is 12.4. The Bertz CT molecular complexity index is 531. The SMILES string of the molecule is CCCc1ccccc1NCC(c1ccccc1)C(C)C. The van der Waals surface area contributed by atoms with E-state index in [0.717, 1.165) is 13.0 Å². The summed E-state index contributed by atoms with van der Waals surface area (Å²) >= 11 is 0. The predicted molar refractivity (Wildman–Crippen MR) is 92.9 cm³/mol. The lowest BCUT2D eigenvalue weighted by atomic mass is 9.88. The molecule has 0 saturated heterocycles. The molecule has 0 aliphatic heterocycles. The molecule has 0 fully saturated rings. The number of aryl methyl sites for hydroxylation is 1. The standard InChI is InChI=1S/C20H27N/c1-4-10-18-13-8-9-14-20(18)21-15-19(16(2)3)17-11-6-5-7-12-17/h5-9,11-14,16,19,21H,4,10,15H2,1-3H3. The zero-order valence-corrected chi connectivity index (χ0v) is 13.5. The van der Waals surface area contributed by atoms with Crippen LogP contribution in [-0.2, 0) is 6.42 Å². The number of hydrogen-bond acceptors (Lipinski definition) is 1. The molecule has 1 atom stereocenters. The highest BCUT2D eigenvalue weighted by atomic mass is 14.9. The van der Waals surface area contributed by atoms with E-state index >= 15 is 0 Å². The Balaban J connectivity index is 2.09. The molecule has 0 bridgehead atoms. The van der Waals surface area contributed by atoms with Crippen LogP contribution < -0.4 is 5.32 Å². The van der Waals surface area contributed by atoms with Crippen molar-refractivity contribution in [3.63, 3.8) is 0 Å². The van der Waals surface area contributed by atoms with E-state index in [1.807, 2.05) is 0 Å². The van der Waals surface area contributed by atoms with Crippen LogP contribution in [0.15, 0.2) is 54.6 Å². The zero-order chi connectivity index (χ0) is 15.1. The molecule has 1 unspecified atom stereocenters. The summed E-state index contributed by atoms with van der Waals surface area (Å²) in [6.07, 6.45) is 2.33. The molecule has 0 saturated carbocycles. The third-order valence-corrected chi connectivity index (χ3v) is 4.08. The summed E-state index contributed by atoms with van der Waals surface area (Å²) in [4.78, 5) is 0. The minimum atomic E-state index is 0.542. The minimum absolute atomic E-state index is 0.542. The quantitative estimate of drug-likeness (QED) is 0.707. The Morgan fingerprint density at radius 3 is 2.24 bits per heavy atom. The molecule has 21 heavy (non-hydrogen) atoms. The first-order valence-electron chi connectivity index (χ1n) is 8.09. The molecule has 0 radical (unpaired) electrons. The zero-order valence-electron chi connectivity index (χ0n) is 13.5.